The van der Waals surface area contributed by atoms with Crippen LogP contribution in [-0.4, -0.2) is 30.9 Å². The van der Waals surface area contributed by atoms with E-state index in [-0.39, 0.29) is 17.7 Å². The first-order valence-corrected chi connectivity index (χ1v) is 7.24. The Morgan fingerprint density at radius 1 is 1.20 bits per heavy atom. The van der Waals surface area contributed by atoms with Gasteiger partial charge in [-0.15, -0.1) is 0 Å². The third-order valence-electron chi connectivity index (χ3n) is 3.57. The molecule has 0 spiro atoms. The minimum absolute atomic E-state index is 0.0533. The van der Waals surface area contributed by atoms with Crippen molar-refractivity contribution in [2.24, 2.45) is 0 Å². The second-order valence-electron chi connectivity index (χ2n) is 5.41. The molecule has 0 aliphatic heterocycles. The molecule has 134 valence electrons. The quantitative estimate of drug-likeness (QED) is 0.786. The molecule has 1 aromatic carbocycles. The lowest BCUT2D eigenvalue weighted by Crippen LogP contribution is -2.26. The van der Waals surface area contributed by atoms with E-state index in [1.807, 2.05) is 0 Å². The Hall–Kier alpha value is -2.77. The molecule has 0 unspecified atom stereocenters. The maximum absolute atomic E-state index is 12.6. The molecule has 0 saturated heterocycles. The first-order valence-electron chi connectivity index (χ1n) is 7.24. The van der Waals surface area contributed by atoms with E-state index in [4.69, 9.17) is 4.42 Å². The molecule has 0 bridgehead atoms. The zero-order valence-corrected chi connectivity index (χ0v) is 13.8. The lowest BCUT2D eigenvalue weighted by molar-refractivity contribution is -0.137. The van der Waals surface area contributed by atoms with Crippen molar-refractivity contribution >= 4 is 11.9 Å². The van der Waals surface area contributed by atoms with Gasteiger partial charge in [0.1, 0.15) is 17.1 Å². The molecular weight excluding hydrogens is 339 g/mol. The second kappa shape index (κ2) is 7.00. The number of furan rings is 1. The van der Waals surface area contributed by atoms with Gasteiger partial charge in [0.2, 0.25) is 0 Å². The van der Waals surface area contributed by atoms with Crippen LogP contribution in [0.25, 0.3) is 0 Å². The van der Waals surface area contributed by atoms with E-state index in [2.05, 4.69) is 4.74 Å². The van der Waals surface area contributed by atoms with Crippen molar-refractivity contribution in [3.05, 3.63) is 58.5 Å². The minimum atomic E-state index is -4.45. The number of amides is 1. The molecule has 0 aliphatic carbocycles. The van der Waals surface area contributed by atoms with Gasteiger partial charge in [0.25, 0.3) is 5.91 Å². The van der Waals surface area contributed by atoms with Crippen molar-refractivity contribution in [3.8, 4) is 0 Å². The standard InChI is InChI=1S/C17H16F3NO4/c1-10-14(16(23)24-3)8-13(25-10)9-21(2)15(22)11-4-6-12(7-5-11)17(18,19)20/h4-8H,9H2,1-3H3. The Morgan fingerprint density at radius 2 is 1.80 bits per heavy atom. The molecule has 1 heterocycles. The van der Waals surface area contributed by atoms with Gasteiger partial charge in [-0.2, -0.15) is 13.2 Å². The summed E-state index contributed by atoms with van der Waals surface area (Å²) in [5.41, 5.74) is -0.448. The number of carbonyl (C=O) groups is 2. The van der Waals surface area contributed by atoms with Crippen LogP contribution in [-0.2, 0) is 17.5 Å². The molecular formula is C17H16F3NO4. The molecule has 5 nitrogen and oxygen atoms in total. The monoisotopic (exact) mass is 355 g/mol. The molecule has 2 rings (SSSR count). The number of alkyl halides is 3. The van der Waals surface area contributed by atoms with Gasteiger partial charge in [-0.1, -0.05) is 0 Å². The molecule has 0 aliphatic rings. The molecule has 1 aromatic heterocycles. The highest BCUT2D eigenvalue weighted by Crippen LogP contribution is 2.29. The average Bonchev–Trinajstić information content (AvgIpc) is 2.93. The number of hydrogen-bond acceptors (Lipinski definition) is 4. The fourth-order valence-electron chi connectivity index (χ4n) is 2.26. The predicted octanol–water partition coefficient (Wildman–Crippen LogP) is 3.67. The third-order valence-corrected chi connectivity index (χ3v) is 3.57. The average molecular weight is 355 g/mol. The smallest absolute Gasteiger partial charge is 0.416 e. The van der Waals surface area contributed by atoms with Crippen LogP contribution < -0.4 is 0 Å². The van der Waals surface area contributed by atoms with Crippen LogP contribution in [0, 0.1) is 6.92 Å². The van der Waals surface area contributed by atoms with Crippen LogP contribution in [0.1, 0.15) is 37.8 Å². The predicted molar refractivity (Wildman–Crippen MR) is 82.0 cm³/mol. The number of halogens is 3. The van der Waals surface area contributed by atoms with Gasteiger partial charge < -0.3 is 14.1 Å². The Morgan fingerprint density at radius 3 is 2.32 bits per heavy atom. The summed E-state index contributed by atoms with van der Waals surface area (Å²) in [6.07, 6.45) is -4.45. The summed E-state index contributed by atoms with van der Waals surface area (Å²) >= 11 is 0. The fraction of sp³-hybridized carbons (Fsp3) is 0.294. The van der Waals surface area contributed by atoms with Gasteiger partial charge in [0.15, 0.2) is 0 Å². The van der Waals surface area contributed by atoms with Crippen molar-refractivity contribution < 1.29 is 31.9 Å². The molecule has 0 atom stereocenters. The first-order chi connectivity index (χ1) is 11.6. The topological polar surface area (TPSA) is 59.8 Å². The van der Waals surface area contributed by atoms with Gasteiger partial charge in [-0.25, -0.2) is 4.79 Å². The molecule has 0 fully saturated rings. The Kier molecular flexibility index (Phi) is 5.20. The highest BCUT2D eigenvalue weighted by atomic mass is 19.4. The van der Waals surface area contributed by atoms with E-state index < -0.39 is 23.6 Å². The van der Waals surface area contributed by atoms with Gasteiger partial charge in [-0.05, 0) is 37.3 Å². The third kappa shape index (κ3) is 4.20. The highest BCUT2D eigenvalue weighted by Gasteiger charge is 2.30. The summed E-state index contributed by atoms with van der Waals surface area (Å²) < 4.78 is 47.7. The van der Waals surface area contributed by atoms with Crippen LogP contribution in [0.5, 0.6) is 0 Å². The molecule has 8 heteroatoms. The van der Waals surface area contributed by atoms with Crippen LogP contribution in [0.2, 0.25) is 0 Å². The van der Waals surface area contributed by atoms with Crippen LogP contribution in [0.3, 0.4) is 0 Å². The summed E-state index contributed by atoms with van der Waals surface area (Å²) in [6, 6.07) is 5.42. The van der Waals surface area contributed by atoms with Crippen molar-refractivity contribution in [3.63, 3.8) is 0 Å². The normalized spacial score (nSPS) is 11.3. The van der Waals surface area contributed by atoms with Crippen LogP contribution in [0.4, 0.5) is 13.2 Å². The summed E-state index contributed by atoms with van der Waals surface area (Å²) in [4.78, 5) is 25.1. The Bertz CT molecular complexity index is 778. The first kappa shape index (κ1) is 18.6. The lowest BCUT2D eigenvalue weighted by atomic mass is 10.1. The zero-order chi connectivity index (χ0) is 18.8. The number of benzene rings is 1. The zero-order valence-electron chi connectivity index (χ0n) is 13.8. The fourth-order valence-corrected chi connectivity index (χ4v) is 2.26. The number of esters is 1. The number of hydrogen-bond donors (Lipinski definition) is 0. The van der Waals surface area contributed by atoms with Crippen LogP contribution in [0.15, 0.2) is 34.7 Å². The highest BCUT2D eigenvalue weighted by molar-refractivity contribution is 5.94. The van der Waals surface area contributed by atoms with E-state index in [1.165, 1.54) is 25.1 Å². The SMILES string of the molecule is COC(=O)c1cc(CN(C)C(=O)c2ccc(C(F)(F)F)cc2)oc1C. The molecule has 0 saturated carbocycles. The summed E-state index contributed by atoms with van der Waals surface area (Å²) in [5.74, 6) is -0.301. The Balaban J connectivity index is 2.11. The van der Waals surface area contributed by atoms with Crippen molar-refractivity contribution in [1.29, 1.82) is 0 Å². The van der Waals surface area contributed by atoms with E-state index in [0.717, 1.165) is 24.3 Å². The second-order valence-corrected chi connectivity index (χ2v) is 5.41. The molecule has 2 aromatic rings. The van der Waals surface area contributed by atoms with Crippen molar-refractivity contribution in [1.82, 2.24) is 4.90 Å². The van der Waals surface area contributed by atoms with E-state index in [9.17, 15) is 22.8 Å². The van der Waals surface area contributed by atoms with Gasteiger partial charge in [0.05, 0.1) is 19.2 Å². The number of methoxy groups -OCH3 is 1. The Labute approximate surface area is 142 Å². The van der Waals surface area contributed by atoms with Gasteiger partial charge >= 0.3 is 12.1 Å². The molecule has 1 amide bonds. The van der Waals surface area contributed by atoms with Crippen LogP contribution >= 0.6 is 0 Å². The van der Waals surface area contributed by atoms with Gasteiger partial charge in [0, 0.05) is 12.6 Å². The maximum Gasteiger partial charge on any atom is 0.416 e. The molecule has 0 radical (unpaired) electrons. The van der Waals surface area contributed by atoms with Crippen molar-refractivity contribution in [2.45, 2.75) is 19.6 Å². The molecule has 0 N–H and O–H groups in total. The number of nitrogens with zero attached hydrogens (tertiary/aromatic N) is 1. The number of carbonyl (C=O) groups excluding carboxylic acids is 2. The van der Waals surface area contributed by atoms with E-state index in [1.54, 1.807) is 6.92 Å². The van der Waals surface area contributed by atoms with Crippen molar-refractivity contribution in [2.75, 3.05) is 14.2 Å². The summed E-state index contributed by atoms with van der Waals surface area (Å²) in [5, 5.41) is 0. The number of ether oxygens (including phenoxy) is 1. The number of rotatable bonds is 4. The van der Waals surface area contributed by atoms with E-state index in [0.29, 0.717) is 11.5 Å². The molecule has 25 heavy (non-hydrogen) atoms. The lowest BCUT2D eigenvalue weighted by Gasteiger charge is -2.16. The largest absolute Gasteiger partial charge is 0.465 e. The number of aryl methyl sites for hydroxylation is 1. The van der Waals surface area contributed by atoms with E-state index >= 15 is 0 Å². The van der Waals surface area contributed by atoms with Gasteiger partial charge in [-0.3, -0.25) is 4.79 Å². The summed E-state index contributed by atoms with van der Waals surface area (Å²) in [6.45, 7) is 1.64. The minimum Gasteiger partial charge on any atom is -0.465 e. The maximum atomic E-state index is 12.6. The summed E-state index contributed by atoms with van der Waals surface area (Å²) in [7, 11) is 2.73.